The van der Waals surface area contributed by atoms with E-state index in [9.17, 15) is 13.2 Å². The van der Waals surface area contributed by atoms with Crippen molar-refractivity contribution in [1.29, 1.82) is 0 Å². The average Bonchev–Trinajstić information content (AvgIpc) is 2.93. The average molecular weight is 344 g/mol. The maximum absolute atomic E-state index is 12.6. The van der Waals surface area contributed by atoms with Crippen molar-refractivity contribution in [3.63, 3.8) is 0 Å². The number of ether oxygens (including phenoxy) is 1. The van der Waals surface area contributed by atoms with Gasteiger partial charge in [-0.3, -0.25) is 9.52 Å². The van der Waals surface area contributed by atoms with Crippen LogP contribution in [-0.4, -0.2) is 20.9 Å². The molecule has 2 aliphatic heterocycles. The van der Waals surface area contributed by atoms with E-state index in [0.29, 0.717) is 23.5 Å². The molecule has 0 radical (unpaired) electrons. The van der Waals surface area contributed by atoms with Gasteiger partial charge in [0.05, 0.1) is 17.9 Å². The van der Waals surface area contributed by atoms with Crippen molar-refractivity contribution in [2.24, 2.45) is 0 Å². The maximum Gasteiger partial charge on any atom is 0.261 e. The van der Waals surface area contributed by atoms with Crippen LogP contribution in [0.1, 0.15) is 17.5 Å². The molecule has 0 unspecified atom stereocenters. The number of hydrogen-bond acceptors (Lipinski definition) is 4. The van der Waals surface area contributed by atoms with E-state index in [-0.39, 0.29) is 17.2 Å². The lowest BCUT2D eigenvalue weighted by molar-refractivity contribution is -0.115. The Morgan fingerprint density at radius 1 is 1.08 bits per heavy atom. The van der Waals surface area contributed by atoms with E-state index in [1.165, 1.54) is 12.1 Å². The van der Waals surface area contributed by atoms with E-state index < -0.39 is 10.0 Å². The van der Waals surface area contributed by atoms with Crippen LogP contribution in [0, 0.1) is 0 Å². The Balaban J connectivity index is 1.62. The minimum absolute atomic E-state index is 0.123. The van der Waals surface area contributed by atoms with Crippen LogP contribution in [-0.2, 0) is 27.7 Å². The minimum atomic E-state index is -3.71. The second-order valence-electron chi connectivity index (χ2n) is 5.92. The van der Waals surface area contributed by atoms with Gasteiger partial charge in [-0.25, -0.2) is 8.42 Å². The number of carbonyl (C=O) groups is 1. The number of benzene rings is 2. The molecule has 24 heavy (non-hydrogen) atoms. The molecule has 2 N–H and O–H groups in total. The quantitative estimate of drug-likeness (QED) is 0.895. The van der Waals surface area contributed by atoms with Crippen molar-refractivity contribution < 1.29 is 17.9 Å². The van der Waals surface area contributed by atoms with E-state index in [2.05, 4.69) is 10.0 Å². The molecule has 124 valence electrons. The number of carbonyl (C=O) groups excluding carboxylic acids is 1. The standard InChI is InChI=1S/C17H16N2O4S/c20-17-10-12-9-14(4-5-15(12)18-17)24(21,22)19-13-3-6-16-11(8-13)2-1-7-23-16/h3-6,8-9,19H,1-2,7,10H2,(H,18,20). The molecule has 0 atom stereocenters. The van der Waals surface area contributed by atoms with Crippen LogP contribution in [0.5, 0.6) is 5.75 Å². The summed E-state index contributed by atoms with van der Waals surface area (Å²) in [6.45, 7) is 0.694. The summed E-state index contributed by atoms with van der Waals surface area (Å²) in [5.41, 5.74) is 2.88. The summed E-state index contributed by atoms with van der Waals surface area (Å²) in [7, 11) is -3.71. The Morgan fingerprint density at radius 2 is 1.96 bits per heavy atom. The van der Waals surface area contributed by atoms with Gasteiger partial charge >= 0.3 is 0 Å². The van der Waals surface area contributed by atoms with Crippen LogP contribution in [0.2, 0.25) is 0 Å². The fourth-order valence-corrected chi connectivity index (χ4v) is 4.11. The Labute approximate surface area is 139 Å². The number of hydrogen-bond donors (Lipinski definition) is 2. The van der Waals surface area contributed by atoms with Gasteiger partial charge in [-0.15, -0.1) is 0 Å². The highest BCUT2D eigenvalue weighted by Gasteiger charge is 2.22. The number of nitrogens with one attached hydrogen (secondary N) is 2. The van der Waals surface area contributed by atoms with Gasteiger partial charge in [0.25, 0.3) is 10.0 Å². The molecule has 2 heterocycles. The lowest BCUT2D eigenvalue weighted by Crippen LogP contribution is -2.14. The van der Waals surface area contributed by atoms with Crippen molar-refractivity contribution in [3.05, 3.63) is 47.5 Å². The zero-order valence-corrected chi connectivity index (χ0v) is 13.7. The molecule has 2 aromatic rings. The molecule has 1 amide bonds. The van der Waals surface area contributed by atoms with E-state index in [1.54, 1.807) is 18.2 Å². The van der Waals surface area contributed by atoms with Crippen LogP contribution >= 0.6 is 0 Å². The third-order valence-corrected chi connectivity index (χ3v) is 5.55. The predicted octanol–water partition coefficient (Wildman–Crippen LogP) is 2.31. The number of fused-ring (bicyclic) bond motifs is 2. The molecule has 0 bridgehead atoms. The van der Waals surface area contributed by atoms with Gasteiger partial charge in [0, 0.05) is 11.4 Å². The van der Waals surface area contributed by atoms with Gasteiger partial charge < -0.3 is 10.1 Å². The zero-order valence-electron chi connectivity index (χ0n) is 12.8. The summed E-state index contributed by atoms with van der Waals surface area (Å²) in [6, 6.07) is 9.95. The van der Waals surface area contributed by atoms with Crippen molar-refractivity contribution in [1.82, 2.24) is 0 Å². The molecule has 0 spiro atoms. The van der Waals surface area contributed by atoms with Crippen LogP contribution in [0.25, 0.3) is 0 Å². The molecule has 2 aliphatic rings. The topological polar surface area (TPSA) is 84.5 Å². The normalized spacial score (nSPS) is 15.9. The van der Waals surface area contributed by atoms with E-state index in [0.717, 1.165) is 24.2 Å². The van der Waals surface area contributed by atoms with Crippen LogP contribution in [0.15, 0.2) is 41.3 Å². The Bertz CT molecular complexity index is 938. The van der Waals surface area contributed by atoms with Gasteiger partial charge in [-0.05, 0) is 60.4 Å². The first kappa shape index (κ1) is 15.0. The first-order chi connectivity index (χ1) is 11.5. The molecule has 7 heteroatoms. The maximum atomic E-state index is 12.6. The monoisotopic (exact) mass is 344 g/mol. The van der Waals surface area contributed by atoms with Gasteiger partial charge in [0.15, 0.2) is 0 Å². The number of sulfonamides is 1. The van der Waals surface area contributed by atoms with Gasteiger partial charge in [0.1, 0.15) is 5.75 Å². The lowest BCUT2D eigenvalue weighted by Gasteiger charge is -2.18. The first-order valence-corrected chi connectivity index (χ1v) is 9.21. The molecule has 0 fully saturated rings. The Kier molecular flexibility index (Phi) is 3.45. The fourth-order valence-electron chi connectivity index (χ4n) is 3.01. The fraction of sp³-hybridized carbons (Fsp3) is 0.235. The number of amides is 1. The van der Waals surface area contributed by atoms with E-state index >= 15 is 0 Å². The largest absolute Gasteiger partial charge is 0.493 e. The summed E-state index contributed by atoms with van der Waals surface area (Å²) in [4.78, 5) is 11.5. The predicted molar refractivity (Wildman–Crippen MR) is 89.8 cm³/mol. The summed E-state index contributed by atoms with van der Waals surface area (Å²) >= 11 is 0. The molecule has 4 rings (SSSR count). The number of aryl methyl sites for hydroxylation is 1. The van der Waals surface area contributed by atoms with Crippen molar-refractivity contribution in [2.45, 2.75) is 24.2 Å². The lowest BCUT2D eigenvalue weighted by atomic mass is 10.1. The minimum Gasteiger partial charge on any atom is -0.493 e. The van der Waals surface area contributed by atoms with E-state index in [4.69, 9.17) is 4.74 Å². The molecular weight excluding hydrogens is 328 g/mol. The highest BCUT2D eigenvalue weighted by atomic mass is 32.2. The van der Waals surface area contributed by atoms with Gasteiger partial charge in [-0.2, -0.15) is 0 Å². The van der Waals surface area contributed by atoms with E-state index in [1.807, 2.05) is 6.07 Å². The van der Waals surface area contributed by atoms with Crippen molar-refractivity contribution in [3.8, 4) is 5.75 Å². The highest BCUT2D eigenvalue weighted by molar-refractivity contribution is 7.92. The van der Waals surface area contributed by atoms with Crippen molar-refractivity contribution in [2.75, 3.05) is 16.6 Å². The van der Waals surface area contributed by atoms with Crippen LogP contribution in [0.3, 0.4) is 0 Å². The number of anilines is 2. The molecule has 0 saturated carbocycles. The third kappa shape index (κ3) is 2.71. The number of rotatable bonds is 3. The molecule has 0 saturated heterocycles. The SMILES string of the molecule is O=C1Cc2cc(S(=O)(=O)Nc3ccc4c(c3)CCCO4)ccc2N1. The second kappa shape index (κ2) is 5.52. The smallest absolute Gasteiger partial charge is 0.261 e. The summed E-state index contributed by atoms with van der Waals surface area (Å²) in [6.07, 6.45) is 2.00. The third-order valence-electron chi connectivity index (χ3n) is 4.17. The molecular formula is C17H16N2O4S. The Morgan fingerprint density at radius 3 is 2.83 bits per heavy atom. The first-order valence-electron chi connectivity index (χ1n) is 7.73. The molecule has 0 aliphatic carbocycles. The highest BCUT2D eigenvalue weighted by Crippen LogP contribution is 2.30. The molecule has 6 nitrogen and oxygen atoms in total. The second-order valence-corrected chi connectivity index (χ2v) is 7.61. The van der Waals surface area contributed by atoms with Crippen molar-refractivity contribution >= 4 is 27.3 Å². The van der Waals surface area contributed by atoms with Crippen LogP contribution in [0.4, 0.5) is 11.4 Å². The van der Waals surface area contributed by atoms with Gasteiger partial charge in [-0.1, -0.05) is 0 Å². The summed E-state index contributed by atoms with van der Waals surface area (Å²) < 4.78 is 33.3. The Hall–Kier alpha value is -2.54. The van der Waals surface area contributed by atoms with Crippen LogP contribution < -0.4 is 14.8 Å². The molecule has 0 aromatic heterocycles. The summed E-state index contributed by atoms with van der Waals surface area (Å²) in [5.74, 6) is 0.688. The van der Waals surface area contributed by atoms with Gasteiger partial charge in [0.2, 0.25) is 5.91 Å². The molecule has 2 aromatic carbocycles. The zero-order chi connectivity index (χ0) is 16.7. The summed E-state index contributed by atoms with van der Waals surface area (Å²) in [5, 5.41) is 2.69.